The molecular formula is C14H20N2O3. The maximum absolute atomic E-state index is 11.1. The van der Waals surface area contributed by atoms with Gasteiger partial charge in [0.2, 0.25) is 5.91 Å². The van der Waals surface area contributed by atoms with Crippen molar-refractivity contribution in [3.63, 3.8) is 0 Å². The average Bonchev–Trinajstić information content (AvgIpc) is 2.47. The molecule has 5 nitrogen and oxygen atoms in total. The summed E-state index contributed by atoms with van der Waals surface area (Å²) < 4.78 is 11.0. The molecule has 1 heterocycles. The Morgan fingerprint density at radius 3 is 2.63 bits per heavy atom. The highest BCUT2D eigenvalue weighted by Crippen LogP contribution is 2.19. The number of hydrogen-bond acceptors (Lipinski definition) is 4. The summed E-state index contributed by atoms with van der Waals surface area (Å²) in [6, 6.07) is 7.33. The lowest BCUT2D eigenvalue weighted by molar-refractivity contribution is -0.114. The largest absolute Gasteiger partial charge is 0.493 e. The Labute approximate surface area is 113 Å². The summed E-state index contributed by atoms with van der Waals surface area (Å²) in [6.45, 7) is 2.37. The number of carbonyl (C=O) groups is 1. The van der Waals surface area contributed by atoms with Crippen LogP contribution in [0.5, 0.6) is 5.75 Å². The zero-order valence-corrected chi connectivity index (χ0v) is 10.9. The molecule has 0 radical (unpaired) electrons. The SMILES string of the molecule is NCC(=O)Nc1ccc(OCC2CCOCC2)cc1. The van der Waals surface area contributed by atoms with Crippen molar-refractivity contribution in [1.29, 1.82) is 0 Å². The lowest BCUT2D eigenvalue weighted by atomic mass is 10.0. The molecule has 1 aromatic carbocycles. The molecule has 1 fully saturated rings. The fourth-order valence-corrected chi connectivity index (χ4v) is 1.97. The molecule has 104 valence electrons. The first-order valence-electron chi connectivity index (χ1n) is 6.58. The first-order chi connectivity index (χ1) is 9.28. The monoisotopic (exact) mass is 264 g/mol. The highest BCUT2D eigenvalue weighted by atomic mass is 16.5. The number of carbonyl (C=O) groups excluding carboxylic acids is 1. The lowest BCUT2D eigenvalue weighted by Crippen LogP contribution is -2.22. The highest BCUT2D eigenvalue weighted by Gasteiger charge is 2.14. The third kappa shape index (κ3) is 4.54. The Morgan fingerprint density at radius 1 is 1.32 bits per heavy atom. The number of anilines is 1. The van der Waals surface area contributed by atoms with Crippen LogP contribution in [0.1, 0.15) is 12.8 Å². The smallest absolute Gasteiger partial charge is 0.238 e. The van der Waals surface area contributed by atoms with Crippen molar-refractivity contribution in [2.45, 2.75) is 12.8 Å². The van der Waals surface area contributed by atoms with Gasteiger partial charge in [0.05, 0.1) is 13.2 Å². The van der Waals surface area contributed by atoms with E-state index in [1.54, 1.807) is 0 Å². The first kappa shape index (κ1) is 13.8. The fourth-order valence-electron chi connectivity index (χ4n) is 1.97. The van der Waals surface area contributed by atoms with Crippen LogP contribution in [0.3, 0.4) is 0 Å². The van der Waals surface area contributed by atoms with Gasteiger partial charge in [0.1, 0.15) is 5.75 Å². The van der Waals surface area contributed by atoms with Crippen molar-refractivity contribution in [2.75, 3.05) is 31.7 Å². The van der Waals surface area contributed by atoms with Gasteiger partial charge in [0.15, 0.2) is 0 Å². The highest BCUT2D eigenvalue weighted by molar-refractivity contribution is 5.92. The normalized spacial score (nSPS) is 16.1. The van der Waals surface area contributed by atoms with Gasteiger partial charge in [-0.3, -0.25) is 4.79 Å². The number of nitrogens with two attached hydrogens (primary N) is 1. The van der Waals surface area contributed by atoms with Crippen LogP contribution in [0.4, 0.5) is 5.69 Å². The predicted octanol–water partition coefficient (Wildman–Crippen LogP) is 1.39. The van der Waals surface area contributed by atoms with Gasteiger partial charge in [0.25, 0.3) is 0 Å². The second kappa shape index (κ2) is 7.11. The summed E-state index contributed by atoms with van der Waals surface area (Å²) in [7, 11) is 0. The molecule has 5 heteroatoms. The van der Waals surface area contributed by atoms with Crippen molar-refractivity contribution in [3.8, 4) is 5.75 Å². The molecule has 0 aliphatic carbocycles. The quantitative estimate of drug-likeness (QED) is 0.843. The van der Waals surface area contributed by atoms with Crippen molar-refractivity contribution in [1.82, 2.24) is 0 Å². The van der Waals surface area contributed by atoms with E-state index in [2.05, 4.69) is 5.32 Å². The Bertz CT molecular complexity index is 400. The molecule has 1 aliphatic rings. The number of benzene rings is 1. The van der Waals surface area contributed by atoms with Crippen LogP contribution >= 0.6 is 0 Å². The average molecular weight is 264 g/mol. The second-order valence-corrected chi connectivity index (χ2v) is 4.64. The molecule has 3 N–H and O–H groups in total. The van der Waals surface area contributed by atoms with E-state index >= 15 is 0 Å². The molecule has 19 heavy (non-hydrogen) atoms. The zero-order chi connectivity index (χ0) is 13.5. The van der Waals surface area contributed by atoms with E-state index in [9.17, 15) is 4.79 Å². The Kier molecular flexibility index (Phi) is 5.18. The maximum atomic E-state index is 11.1. The van der Waals surface area contributed by atoms with Gasteiger partial charge >= 0.3 is 0 Å². The van der Waals surface area contributed by atoms with E-state index in [0.717, 1.165) is 44.1 Å². The molecule has 0 bridgehead atoms. The van der Waals surface area contributed by atoms with Gasteiger partial charge in [-0.1, -0.05) is 0 Å². The number of amides is 1. The summed E-state index contributed by atoms with van der Waals surface area (Å²) in [5.74, 6) is 1.19. The van der Waals surface area contributed by atoms with Crippen LogP contribution in [0.25, 0.3) is 0 Å². The molecule has 0 unspecified atom stereocenters. The predicted molar refractivity (Wildman–Crippen MR) is 73.2 cm³/mol. The molecule has 0 saturated carbocycles. The minimum Gasteiger partial charge on any atom is -0.493 e. The van der Waals surface area contributed by atoms with Crippen LogP contribution in [0.15, 0.2) is 24.3 Å². The third-order valence-corrected chi connectivity index (χ3v) is 3.15. The van der Waals surface area contributed by atoms with E-state index in [-0.39, 0.29) is 12.5 Å². The number of nitrogens with one attached hydrogen (secondary N) is 1. The van der Waals surface area contributed by atoms with Crippen molar-refractivity contribution in [3.05, 3.63) is 24.3 Å². The van der Waals surface area contributed by atoms with Crippen molar-refractivity contribution >= 4 is 11.6 Å². The molecule has 1 amide bonds. The lowest BCUT2D eigenvalue weighted by Gasteiger charge is -2.22. The van der Waals surface area contributed by atoms with E-state index in [1.165, 1.54) is 0 Å². The molecule has 0 spiro atoms. The van der Waals surface area contributed by atoms with Gasteiger partial charge < -0.3 is 20.5 Å². The van der Waals surface area contributed by atoms with E-state index < -0.39 is 0 Å². The first-order valence-corrected chi connectivity index (χ1v) is 6.58. The Morgan fingerprint density at radius 2 is 2.00 bits per heavy atom. The fraction of sp³-hybridized carbons (Fsp3) is 0.500. The van der Waals surface area contributed by atoms with Crippen LogP contribution < -0.4 is 15.8 Å². The van der Waals surface area contributed by atoms with E-state index in [0.29, 0.717) is 5.92 Å². The van der Waals surface area contributed by atoms with Gasteiger partial charge in [-0.2, -0.15) is 0 Å². The Hall–Kier alpha value is -1.59. The summed E-state index contributed by atoms with van der Waals surface area (Å²) in [5.41, 5.74) is 5.96. The third-order valence-electron chi connectivity index (χ3n) is 3.15. The van der Waals surface area contributed by atoms with Gasteiger partial charge in [-0.25, -0.2) is 0 Å². The van der Waals surface area contributed by atoms with Crippen LogP contribution in [0, 0.1) is 5.92 Å². The standard InChI is InChI=1S/C14H20N2O3/c15-9-14(17)16-12-1-3-13(4-2-12)19-10-11-5-7-18-8-6-11/h1-4,11H,5-10,15H2,(H,16,17). The van der Waals surface area contributed by atoms with Gasteiger partial charge in [-0.05, 0) is 43.0 Å². The molecule has 2 rings (SSSR count). The summed E-state index contributed by atoms with van der Waals surface area (Å²) >= 11 is 0. The number of hydrogen-bond donors (Lipinski definition) is 2. The Balaban J connectivity index is 1.79. The molecule has 1 aromatic rings. The topological polar surface area (TPSA) is 73.6 Å². The molecule has 1 saturated heterocycles. The summed E-state index contributed by atoms with van der Waals surface area (Å²) in [5, 5.41) is 2.69. The van der Waals surface area contributed by atoms with E-state index in [4.69, 9.17) is 15.2 Å². The number of ether oxygens (including phenoxy) is 2. The maximum Gasteiger partial charge on any atom is 0.238 e. The molecule has 0 atom stereocenters. The van der Waals surface area contributed by atoms with Gasteiger partial charge in [0, 0.05) is 18.9 Å². The van der Waals surface area contributed by atoms with Crippen LogP contribution in [-0.2, 0) is 9.53 Å². The van der Waals surface area contributed by atoms with Crippen molar-refractivity contribution < 1.29 is 14.3 Å². The van der Waals surface area contributed by atoms with Gasteiger partial charge in [-0.15, -0.1) is 0 Å². The molecule has 0 aromatic heterocycles. The van der Waals surface area contributed by atoms with Crippen LogP contribution in [0.2, 0.25) is 0 Å². The van der Waals surface area contributed by atoms with Crippen molar-refractivity contribution in [2.24, 2.45) is 11.7 Å². The summed E-state index contributed by atoms with van der Waals surface area (Å²) in [6.07, 6.45) is 2.12. The molecule has 1 aliphatic heterocycles. The second-order valence-electron chi connectivity index (χ2n) is 4.64. The zero-order valence-electron chi connectivity index (χ0n) is 10.9. The molecular weight excluding hydrogens is 244 g/mol. The summed E-state index contributed by atoms with van der Waals surface area (Å²) in [4.78, 5) is 11.1. The van der Waals surface area contributed by atoms with Crippen LogP contribution in [-0.4, -0.2) is 32.3 Å². The minimum absolute atomic E-state index is 0.0119. The minimum atomic E-state index is -0.198. The number of rotatable bonds is 5. The van der Waals surface area contributed by atoms with E-state index in [1.807, 2.05) is 24.3 Å².